The molecule has 1 atom stereocenters. The average Bonchev–Trinajstić information content (AvgIpc) is 3.09. The predicted molar refractivity (Wildman–Crippen MR) is 112 cm³/mol. The summed E-state index contributed by atoms with van der Waals surface area (Å²) >= 11 is 0. The highest BCUT2D eigenvalue weighted by atomic mass is 19.1. The molecule has 7 heteroatoms. The van der Waals surface area contributed by atoms with Crippen LogP contribution in [-0.2, 0) is 4.79 Å². The number of carbonyl (C=O) groups is 3. The average molecular weight is 413 g/mol. The largest absolute Gasteiger partial charge is 0.325 e. The van der Waals surface area contributed by atoms with Gasteiger partial charge in [-0.25, -0.2) is 9.18 Å². The molecule has 1 fully saturated rings. The van der Waals surface area contributed by atoms with Crippen molar-refractivity contribution in [2.24, 2.45) is 5.92 Å². The zero-order valence-electron chi connectivity index (χ0n) is 18.1. The first kappa shape index (κ1) is 21.7. The fourth-order valence-corrected chi connectivity index (χ4v) is 3.90. The van der Waals surface area contributed by atoms with E-state index in [1.54, 1.807) is 32.0 Å². The number of benzene rings is 1. The summed E-state index contributed by atoms with van der Waals surface area (Å²) in [5.74, 6) is -0.613. The molecular formula is C23H28FN3O3. The van der Waals surface area contributed by atoms with Crippen molar-refractivity contribution in [2.75, 3.05) is 6.54 Å². The molecular weight excluding hydrogens is 385 g/mol. The lowest BCUT2D eigenvalue weighted by atomic mass is 9.92. The molecule has 0 saturated carbocycles. The van der Waals surface area contributed by atoms with E-state index < -0.39 is 11.6 Å². The number of imide groups is 1. The van der Waals surface area contributed by atoms with Crippen LogP contribution in [0.2, 0.25) is 0 Å². The fraction of sp³-hybridized carbons (Fsp3) is 0.435. The van der Waals surface area contributed by atoms with Crippen molar-refractivity contribution in [2.45, 2.75) is 53.0 Å². The molecule has 0 radical (unpaired) electrons. The smallest absolute Gasteiger partial charge is 0.323 e. The van der Waals surface area contributed by atoms with E-state index in [9.17, 15) is 18.8 Å². The number of halogens is 1. The van der Waals surface area contributed by atoms with E-state index in [0.29, 0.717) is 23.6 Å². The van der Waals surface area contributed by atoms with Crippen molar-refractivity contribution in [3.05, 3.63) is 53.1 Å². The van der Waals surface area contributed by atoms with Gasteiger partial charge in [-0.15, -0.1) is 0 Å². The molecule has 1 N–H and O–H groups in total. The normalized spacial score (nSPS) is 19.0. The van der Waals surface area contributed by atoms with Gasteiger partial charge in [0.2, 0.25) is 0 Å². The molecule has 0 unspecified atom stereocenters. The number of hydrogen-bond acceptors (Lipinski definition) is 3. The molecule has 2 heterocycles. The van der Waals surface area contributed by atoms with Crippen LogP contribution in [0.3, 0.4) is 0 Å². The molecule has 0 spiro atoms. The Morgan fingerprint density at radius 1 is 1.17 bits per heavy atom. The number of urea groups is 1. The second kappa shape index (κ2) is 8.05. The van der Waals surface area contributed by atoms with E-state index in [0.717, 1.165) is 22.7 Å². The number of nitrogens with one attached hydrogen (secondary N) is 1. The lowest BCUT2D eigenvalue weighted by Gasteiger charge is -2.22. The maximum absolute atomic E-state index is 13.3. The van der Waals surface area contributed by atoms with Gasteiger partial charge in [0.25, 0.3) is 5.91 Å². The number of carbonyl (C=O) groups excluding carboxylic acids is 3. The van der Waals surface area contributed by atoms with E-state index >= 15 is 0 Å². The van der Waals surface area contributed by atoms with Gasteiger partial charge in [0.05, 0.1) is 6.54 Å². The summed E-state index contributed by atoms with van der Waals surface area (Å²) in [4.78, 5) is 39.3. The van der Waals surface area contributed by atoms with E-state index in [1.165, 1.54) is 12.1 Å². The van der Waals surface area contributed by atoms with Crippen LogP contribution >= 0.6 is 0 Å². The minimum Gasteiger partial charge on any atom is -0.323 e. The van der Waals surface area contributed by atoms with Gasteiger partial charge in [-0.2, -0.15) is 0 Å². The number of rotatable bonds is 7. The summed E-state index contributed by atoms with van der Waals surface area (Å²) in [5, 5.41) is 2.75. The maximum Gasteiger partial charge on any atom is 0.325 e. The Kier molecular flexibility index (Phi) is 5.83. The number of amides is 3. The van der Waals surface area contributed by atoms with Crippen LogP contribution in [0.5, 0.6) is 0 Å². The molecule has 3 rings (SSSR count). The van der Waals surface area contributed by atoms with Gasteiger partial charge in [0, 0.05) is 22.6 Å². The topological polar surface area (TPSA) is 71.4 Å². The Bertz CT molecular complexity index is 994. The van der Waals surface area contributed by atoms with E-state index in [4.69, 9.17) is 0 Å². The van der Waals surface area contributed by atoms with Crippen LogP contribution < -0.4 is 5.32 Å². The second-order valence-electron chi connectivity index (χ2n) is 8.61. The van der Waals surface area contributed by atoms with Crippen LogP contribution in [0.15, 0.2) is 30.3 Å². The standard InChI is InChI=1S/C23H28FN3O3/c1-14(2)10-11-23(5)21(29)26(22(30)25-23)13-20(28)19-12-15(3)27(16(19)4)18-8-6-17(24)7-9-18/h6-9,12,14H,10-11,13H2,1-5H3,(H,25,30)/t23-/m1/s1. The van der Waals surface area contributed by atoms with Crippen LogP contribution in [-0.4, -0.2) is 39.3 Å². The van der Waals surface area contributed by atoms with E-state index in [1.807, 2.05) is 11.5 Å². The van der Waals surface area contributed by atoms with Gasteiger partial charge in [-0.1, -0.05) is 13.8 Å². The summed E-state index contributed by atoms with van der Waals surface area (Å²) in [6.45, 7) is 9.16. The molecule has 160 valence electrons. The lowest BCUT2D eigenvalue weighted by molar-refractivity contribution is -0.130. The predicted octanol–water partition coefficient (Wildman–Crippen LogP) is 4.16. The summed E-state index contributed by atoms with van der Waals surface area (Å²) in [6, 6.07) is 7.20. The van der Waals surface area contributed by atoms with Gasteiger partial charge in [0.15, 0.2) is 5.78 Å². The number of aromatic nitrogens is 1. The first-order valence-electron chi connectivity index (χ1n) is 10.2. The monoisotopic (exact) mass is 413 g/mol. The molecule has 2 aromatic rings. The minimum atomic E-state index is -0.980. The van der Waals surface area contributed by atoms with E-state index in [-0.39, 0.29) is 24.1 Å². The summed E-state index contributed by atoms with van der Waals surface area (Å²) < 4.78 is 15.1. The molecule has 0 aliphatic carbocycles. The Labute approximate surface area is 176 Å². The highest BCUT2D eigenvalue weighted by Crippen LogP contribution is 2.26. The first-order chi connectivity index (χ1) is 14.0. The molecule has 1 aliphatic heterocycles. The number of Topliss-reactive ketones (excluding diaryl/α,β-unsaturated/α-hetero) is 1. The van der Waals surface area contributed by atoms with Crippen LogP contribution in [0.4, 0.5) is 9.18 Å². The Morgan fingerprint density at radius 2 is 1.80 bits per heavy atom. The van der Waals surface area contributed by atoms with Gasteiger partial charge < -0.3 is 9.88 Å². The number of ketones is 1. The van der Waals surface area contributed by atoms with Crippen molar-refractivity contribution in [1.82, 2.24) is 14.8 Å². The van der Waals surface area contributed by atoms with Crippen molar-refractivity contribution in [3.8, 4) is 5.69 Å². The highest BCUT2D eigenvalue weighted by molar-refractivity contribution is 6.11. The Morgan fingerprint density at radius 3 is 2.40 bits per heavy atom. The van der Waals surface area contributed by atoms with Crippen LogP contribution in [0.25, 0.3) is 5.69 Å². The number of hydrogen-bond donors (Lipinski definition) is 1. The minimum absolute atomic E-state index is 0.310. The fourth-order valence-electron chi connectivity index (χ4n) is 3.90. The second-order valence-corrected chi connectivity index (χ2v) is 8.61. The molecule has 1 saturated heterocycles. The van der Waals surface area contributed by atoms with E-state index in [2.05, 4.69) is 19.2 Å². The highest BCUT2D eigenvalue weighted by Gasteiger charge is 2.48. The summed E-state index contributed by atoms with van der Waals surface area (Å²) in [7, 11) is 0. The van der Waals surface area contributed by atoms with Crippen LogP contribution in [0, 0.1) is 25.6 Å². The zero-order valence-corrected chi connectivity index (χ0v) is 18.1. The first-order valence-corrected chi connectivity index (χ1v) is 10.2. The van der Waals surface area contributed by atoms with Crippen LogP contribution in [0.1, 0.15) is 55.4 Å². The summed E-state index contributed by atoms with van der Waals surface area (Å²) in [6.07, 6.45) is 1.32. The Balaban J connectivity index is 1.81. The molecule has 6 nitrogen and oxygen atoms in total. The van der Waals surface area contributed by atoms with Gasteiger partial charge in [0.1, 0.15) is 11.4 Å². The third-order valence-electron chi connectivity index (χ3n) is 5.68. The third kappa shape index (κ3) is 4.01. The summed E-state index contributed by atoms with van der Waals surface area (Å²) in [5.41, 5.74) is 1.68. The Hall–Kier alpha value is -2.96. The van der Waals surface area contributed by atoms with Crippen molar-refractivity contribution in [3.63, 3.8) is 0 Å². The molecule has 1 aliphatic rings. The molecule has 1 aromatic heterocycles. The molecule has 30 heavy (non-hydrogen) atoms. The number of nitrogens with zero attached hydrogens (tertiary/aromatic N) is 2. The molecule has 0 bridgehead atoms. The third-order valence-corrected chi connectivity index (χ3v) is 5.68. The molecule has 3 amide bonds. The zero-order chi connectivity index (χ0) is 22.2. The quantitative estimate of drug-likeness (QED) is 0.547. The van der Waals surface area contributed by atoms with Crippen molar-refractivity contribution >= 4 is 17.7 Å². The molecule has 1 aromatic carbocycles. The maximum atomic E-state index is 13.3. The van der Waals surface area contributed by atoms with Gasteiger partial charge in [-0.3, -0.25) is 14.5 Å². The lowest BCUT2D eigenvalue weighted by Crippen LogP contribution is -2.44. The number of aryl methyl sites for hydroxylation is 1. The van der Waals surface area contributed by atoms with Gasteiger partial charge in [-0.05, 0) is 69.9 Å². The van der Waals surface area contributed by atoms with Crippen molar-refractivity contribution < 1.29 is 18.8 Å². The van der Waals surface area contributed by atoms with Crippen molar-refractivity contribution in [1.29, 1.82) is 0 Å². The van der Waals surface area contributed by atoms with Gasteiger partial charge >= 0.3 is 6.03 Å². The SMILES string of the molecule is Cc1cc(C(=O)CN2C(=O)N[C@](C)(CCC(C)C)C2=O)c(C)n1-c1ccc(F)cc1.